The van der Waals surface area contributed by atoms with Crippen LogP contribution in [0.1, 0.15) is 15.9 Å². The topological polar surface area (TPSA) is 85.5 Å². The Labute approximate surface area is 171 Å². The molecular formula is C22H15ClN2O4. The van der Waals surface area contributed by atoms with Crippen molar-refractivity contribution in [3.05, 3.63) is 88.9 Å². The summed E-state index contributed by atoms with van der Waals surface area (Å²) in [4.78, 5) is 15.5. The van der Waals surface area contributed by atoms with Crippen LogP contribution in [0.4, 0.5) is 0 Å². The van der Waals surface area contributed by atoms with E-state index in [1.54, 1.807) is 24.3 Å². The first kappa shape index (κ1) is 18.7. The second kappa shape index (κ2) is 8.16. The van der Waals surface area contributed by atoms with Crippen molar-refractivity contribution >= 4 is 17.6 Å². The molecule has 0 aliphatic heterocycles. The van der Waals surface area contributed by atoms with Gasteiger partial charge in [0.2, 0.25) is 5.82 Å². The molecule has 1 heterocycles. The van der Waals surface area contributed by atoms with Gasteiger partial charge in [0.05, 0.1) is 5.56 Å². The molecule has 0 atom stereocenters. The summed E-state index contributed by atoms with van der Waals surface area (Å²) in [5.74, 6) is 0.416. The zero-order valence-electron chi connectivity index (χ0n) is 15.1. The number of hydrogen-bond acceptors (Lipinski definition) is 5. The zero-order valence-corrected chi connectivity index (χ0v) is 15.8. The maximum absolute atomic E-state index is 11.1. The molecule has 0 saturated carbocycles. The molecule has 144 valence electrons. The minimum absolute atomic E-state index is 0.166. The molecule has 0 aliphatic rings. The van der Waals surface area contributed by atoms with Crippen LogP contribution in [0.3, 0.4) is 0 Å². The molecule has 0 fully saturated rings. The molecule has 6 nitrogen and oxygen atoms in total. The van der Waals surface area contributed by atoms with Crippen molar-refractivity contribution in [2.24, 2.45) is 0 Å². The molecule has 0 saturated heterocycles. The molecular weight excluding hydrogens is 392 g/mol. The lowest BCUT2D eigenvalue weighted by atomic mass is 10.1. The molecule has 0 aliphatic carbocycles. The van der Waals surface area contributed by atoms with E-state index in [0.29, 0.717) is 28.9 Å². The fourth-order valence-electron chi connectivity index (χ4n) is 2.69. The third kappa shape index (κ3) is 4.44. The fourth-order valence-corrected chi connectivity index (χ4v) is 2.82. The Bertz CT molecular complexity index is 1140. The minimum Gasteiger partial charge on any atom is -0.489 e. The summed E-state index contributed by atoms with van der Waals surface area (Å²) in [6, 6.07) is 21.1. The number of nitrogens with zero attached hydrogens (tertiary/aromatic N) is 2. The van der Waals surface area contributed by atoms with E-state index in [1.165, 1.54) is 12.1 Å². The van der Waals surface area contributed by atoms with Crippen molar-refractivity contribution < 1.29 is 19.2 Å². The third-order valence-corrected chi connectivity index (χ3v) is 4.47. The Balaban J connectivity index is 1.46. The Morgan fingerprint density at radius 2 is 1.76 bits per heavy atom. The average molecular weight is 407 g/mol. The van der Waals surface area contributed by atoms with Crippen molar-refractivity contribution in [1.29, 1.82) is 0 Å². The lowest BCUT2D eigenvalue weighted by Gasteiger charge is -2.06. The summed E-state index contributed by atoms with van der Waals surface area (Å²) in [7, 11) is 0. The smallest absolute Gasteiger partial charge is 0.335 e. The van der Waals surface area contributed by atoms with E-state index in [0.717, 1.165) is 16.9 Å². The maximum Gasteiger partial charge on any atom is 0.335 e. The van der Waals surface area contributed by atoms with E-state index < -0.39 is 5.97 Å². The molecule has 4 aromatic rings. The highest BCUT2D eigenvalue weighted by Crippen LogP contribution is 2.24. The molecule has 0 spiro atoms. The number of carboxylic acids is 1. The molecule has 0 amide bonds. The molecule has 4 rings (SSSR count). The van der Waals surface area contributed by atoms with E-state index in [4.69, 9.17) is 26.0 Å². The Morgan fingerprint density at radius 1 is 1.00 bits per heavy atom. The first-order valence-electron chi connectivity index (χ1n) is 8.73. The lowest BCUT2D eigenvalue weighted by Crippen LogP contribution is -1.96. The summed E-state index contributed by atoms with van der Waals surface area (Å²) in [5, 5.41) is 13.7. The first-order chi connectivity index (χ1) is 14.1. The molecule has 0 radical (unpaired) electrons. The van der Waals surface area contributed by atoms with Gasteiger partial charge in [0.1, 0.15) is 12.4 Å². The quantitative estimate of drug-likeness (QED) is 0.465. The first-order valence-corrected chi connectivity index (χ1v) is 9.11. The van der Waals surface area contributed by atoms with Gasteiger partial charge in [-0.15, -0.1) is 0 Å². The van der Waals surface area contributed by atoms with E-state index in [-0.39, 0.29) is 5.56 Å². The number of ether oxygens (including phenoxy) is 1. The van der Waals surface area contributed by atoms with E-state index in [1.807, 2.05) is 36.4 Å². The summed E-state index contributed by atoms with van der Waals surface area (Å²) in [5.41, 5.74) is 2.48. The number of rotatable bonds is 6. The van der Waals surface area contributed by atoms with Crippen LogP contribution in [0, 0.1) is 0 Å². The fraction of sp³-hybridized carbons (Fsp3) is 0.0455. The summed E-state index contributed by atoms with van der Waals surface area (Å²) in [6.07, 6.45) is 0. The van der Waals surface area contributed by atoms with Crippen LogP contribution < -0.4 is 4.74 Å². The Kier molecular flexibility index (Phi) is 5.27. The standard InChI is InChI=1S/C22H15ClN2O4/c23-18-8-10-19(11-9-18)28-13-14-4-6-15(7-5-14)21-24-20(25-29-21)16-2-1-3-17(12-16)22(26)27/h1-12H,13H2,(H,26,27). The second-order valence-electron chi connectivity index (χ2n) is 6.25. The van der Waals surface area contributed by atoms with E-state index >= 15 is 0 Å². The Hall–Kier alpha value is -3.64. The van der Waals surface area contributed by atoms with Crippen LogP contribution in [0.15, 0.2) is 77.3 Å². The largest absolute Gasteiger partial charge is 0.489 e. The molecule has 3 aromatic carbocycles. The van der Waals surface area contributed by atoms with Crippen LogP contribution in [0.5, 0.6) is 5.75 Å². The van der Waals surface area contributed by atoms with Crippen LogP contribution in [0.25, 0.3) is 22.8 Å². The second-order valence-corrected chi connectivity index (χ2v) is 6.69. The SMILES string of the molecule is O=C(O)c1cccc(-c2noc(-c3ccc(COc4ccc(Cl)cc4)cc3)n2)c1. The van der Waals surface area contributed by atoms with Gasteiger partial charge in [-0.1, -0.05) is 41.0 Å². The van der Waals surface area contributed by atoms with Gasteiger partial charge in [0.15, 0.2) is 0 Å². The number of aromatic carboxylic acids is 1. The van der Waals surface area contributed by atoms with Crippen LogP contribution in [-0.4, -0.2) is 21.2 Å². The molecule has 7 heteroatoms. The predicted molar refractivity (Wildman–Crippen MR) is 108 cm³/mol. The van der Waals surface area contributed by atoms with E-state index in [2.05, 4.69) is 10.1 Å². The van der Waals surface area contributed by atoms with Crippen molar-refractivity contribution in [1.82, 2.24) is 10.1 Å². The van der Waals surface area contributed by atoms with Crippen LogP contribution >= 0.6 is 11.6 Å². The summed E-state index contributed by atoms with van der Waals surface area (Å²) in [6.45, 7) is 0.416. The van der Waals surface area contributed by atoms with Gasteiger partial charge in [0, 0.05) is 16.1 Å². The van der Waals surface area contributed by atoms with E-state index in [9.17, 15) is 4.79 Å². The summed E-state index contributed by atoms with van der Waals surface area (Å²) < 4.78 is 11.1. The molecule has 1 aromatic heterocycles. The molecule has 0 unspecified atom stereocenters. The van der Waals surface area contributed by atoms with Crippen LogP contribution in [-0.2, 0) is 6.61 Å². The van der Waals surface area contributed by atoms with Gasteiger partial charge in [0.25, 0.3) is 5.89 Å². The van der Waals surface area contributed by atoms with Crippen molar-refractivity contribution in [3.8, 4) is 28.6 Å². The minimum atomic E-state index is -1.01. The number of hydrogen-bond donors (Lipinski definition) is 1. The number of halogens is 1. The predicted octanol–water partition coefficient (Wildman–Crippen LogP) is 5.33. The zero-order chi connectivity index (χ0) is 20.2. The molecule has 29 heavy (non-hydrogen) atoms. The normalized spacial score (nSPS) is 10.7. The van der Waals surface area contributed by atoms with Crippen molar-refractivity contribution in [3.63, 3.8) is 0 Å². The highest BCUT2D eigenvalue weighted by Gasteiger charge is 2.12. The van der Waals surface area contributed by atoms with Gasteiger partial charge >= 0.3 is 5.97 Å². The third-order valence-electron chi connectivity index (χ3n) is 4.21. The van der Waals surface area contributed by atoms with Gasteiger partial charge in [-0.05, 0) is 54.1 Å². The number of carboxylic acid groups (broad SMARTS) is 1. The van der Waals surface area contributed by atoms with Gasteiger partial charge in [-0.2, -0.15) is 4.98 Å². The van der Waals surface area contributed by atoms with Gasteiger partial charge in [-0.25, -0.2) is 4.79 Å². The summed E-state index contributed by atoms with van der Waals surface area (Å²) >= 11 is 5.87. The maximum atomic E-state index is 11.1. The highest BCUT2D eigenvalue weighted by molar-refractivity contribution is 6.30. The van der Waals surface area contributed by atoms with Crippen molar-refractivity contribution in [2.75, 3.05) is 0 Å². The van der Waals surface area contributed by atoms with Gasteiger partial charge in [-0.3, -0.25) is 0 Å². The lowest BCUT2D eigenvalue weighted by molar-refractivity contribution is 0.0697. The number of benzene rings is 3. The number of carbonyl (C=O) groups is 1. The monoisotopic (exact) mass is 406 g/mol. The molecule has 1 N–H and O–H groups in total. The Morgan fingerprint density at radius 3 is 2.48 bits per heavy atom. The number of aromatic nitrogens is 2. The van der Waals surface area contributed by atoms with Crippen molar-refractivity contribution in [2.45, 2.75) is 6.61 Å². The van der Waals surface area contributed by atoms with Crippen LogP contribution in [0.2, 0.25) is 5.02 Å². The molecule has 0 bridgehead atoms. The van der Waals surface area contributed by atoms with Gasteiger partial charge < -0.3 is 14.4 Å². The highest BCUT2D eigenvalue weighted by atomic mass is 35.5. The average Bonchev–Trinajstić information content (AvgIpc) is 3.24.